The summed E-state index contributed by atoms with van der Waals surface area (Å²) >= 11 is 0. The van der Waals surface area contributed by atoms with Crippen molar-refractivity contribution in [1.82, 2.24) is 0 Å². The first-order chi connectivity index (χ1) is 7.49. The van der Waals surface area contributed by atoms with Crippen molar-refractivity contribution in [2.75, 3.05) is 0 Å². The van der Waals surface area contributed by atoms with E-state index < -0.39 is 5.41 Å². The first-order valence-corrected chi connectivity index (χ1v) is 6.30. The average Bonchev–Trinajstić information content (AvgIpc) is 2.95. The second-order valence-corrected chi connectivity index (χ2v) is 5.51. The van der Waals surface area contributed by atoms with Crippen LogP contribution in [0.4, 0.5) is 4.39 Å². The van der Waals surface area contributed by atoms with Gasteiger partial charge in [-0.1, -0.05) is 28.3 Å². The molecule has 1 saturated carbocycles. The van der Waals surface area contributed by atoms with Crippen LogP contribution in [0.5, 0.6) is 0 Å². The molecule has 0 radical (unpaired) electrons. The Kier molecular flexibility index (Phi) is 8.91. The molecule has 1 nitrogen and oxygen atoms in total. The Morgan fingerprint density at radius 2 is 2.12 bits per heavy atom. The Bertz CT molecular complexity index is 314. The van der Waals surface area contributed by atoms with Gasteiger partial charge in [-0.3, -0.25) is 6.29 Å². The standard InChI is InChI=1S/C10H14FP.C3H5O.K/c1-10(11,12)9-5-4-8(6-9)7-2-3-7;1-2-3-4;/h4,6-7H,2-3,5,12H2,1H3;2H2,1H3;/q;-1;+1. The monoisotopic (exact) mass is 280 g/mol. The summed E-state index contributed by atoms with van der Waals surface area (Å²) in [6.07, 6.45) is 9.83. The number of allylic oxidation sites excluding steroid dienone is 4. The van der Waals surface area contributed by atoms with Crippen molar-refractivity contribution in [2.45, 2.75) is 44.9 Å². The summed E-state index contributed by atoms with van der Waals surface area (Å²) in [4.78, 5) is 9.05. The van der Waals surface area contributed by atoms with E-state index in [-0.39, 0.29) is 51.4 Å². The maximum atomic E-state index is 13.4. The zero-order valence-corrected chi connectivity index (χ0v) is 15.2. The molecule has 2 atom stereocenters. The Morgan fingerprint density at radius 3 is 2.41 bits per heavy atom. The zero-order valence-electron chi connectivity index (χ0n) is 10.9. The molecule has 0 heterocycles. The van der Waals surface area contributed by atoms with Crippen molar-refractivity contribution < 1.29 is 60.6 Å². The second-order valence-electron chi connectivity index (χ2n) is 4.43. The van der Waals surface area contributed by atoms with Gasteiger partial charge in [0.25, 0.3) is 0 Å². The normalized spacial score (nSPS) is 21.2. The van der Waals surface area contributed by atoms with Crippen molar-refractivity contribution >= 4 is 15.5 Å². The maximum absolute atomic E-state index is 13.4. The molecule has 17 heavy (non-hydrogen) atoms. The average molecular weight is 280 g/mol. The zero-order chi connectivity index (χ0) is 12.2. The molecule has 0 N–H and O–H groups in total. The van der Waals surface area contributed by atoms with Gasteiger partial charge in [0.05, 0.1) is 0 Å². The summed E-state index contributed by atoms with van der Waals surface area (Å²) in [7, 11) is 2.26. The number of alkyl halides is 1. The van der Waals surface area contributed by atoms with Gasteiger partial charge in [0.15, 0.2) is 0 Å². The van der Waals surface area contributed by atoms with Crippen LogP contribution in [-0.2, 0) is 4.79 Å². The fraction of sp³-hybridized carbons (Fsp3) is 0.615. The topological polar surface area (TPSA) is 17.1 Å². The fourth-order valence-corrected chi connectivity index (χ4v) is 1.79. The molecule has 0 saturated heterocycles. The van der Waals surface area contributed by atoms with Crippen LogP contribution in [0.1, 0.15) is 39.5 Å². The SMILES string of the molecule is CC(F)(P)C1=CC(C2CC2)=CC1.CC[C-]=O.[K+]. The first kappa shape index (κ1) is 18.1. The molecule has 0 aromatic heterocycles. The van der Waals surface area contributed by atoms with Gasteiger partial charge in [-0.2, -0.15) is 6.42 Å². The summed E-state index contributed by atoms with van der Waals surface area (Å²) in [6.45, 7) is 3.36. The van der Waals surface area contributed by atoms with Crippen molar-refractivity contribution in [3.63, 3.8) is 0 Å². The molecular formula is C13H19FKOP. The van der Waals surface area contributed by atoms with E-state index >= 15 is 0 Å². The van der Waals surface area contributed by atoms with Gasteiger partial charge < -0.3 is 4.79 Å². The Hall–Kier alpha value is 1.15. The van der Waals surface area contributed by atoms with Gasteiger partial charge in [-0.25, -0.2) is 4.39 Å². The van der Waals surface area contributed by atoms with E-state index in [1.54, 1.807) is 20.1 Å². The third kappa shape index (κ3) is 6.75. The van der Waals surface area contributed by atoms with Crippen LogP contribution in [0.2, 0.25) is 0 Å². The predicted molar refractivity (Wildman–Crippen MR) is 68.7 cm³/mol. The summed E-state index contributed by atoms with van der Waals surface area (Å²) in [5.74, 6) is 0.759. The molecule has 0 aliphatic heterocycles. The molecule has 2 aliphatic rings. The fourth-order valence-electron chi connectivity index (χ4n) is 1.59. The number of carbonyl (C=O) groups excluding carboxylic acids is 1. The Balaban J connectivity index is 0.000000453. The van der Waals surface area contributed by atoms with Crippen LogP contribution >= 0.6 is 9.24 Å². The van der Waals surface area contributed by atoms with Crippen LogP contribution in [0.3, 0.4) is 0 Å². The minimum Gasteiger partial charge on any atom is -0.542 e. The number of rotatable bonds is 3. The van der Waals surface area contributed by atoms with E-state index in [9.17, 15) is 4.39 Å². The Morgan fingerprint density at radius 1 is 1.59 bits per heavy atom. The quantitative estimate of drug-likeness (QED) is 0.423. The molecule has 0 spiro atoms. The van der Waals surface area contributed by atoms with Crippen LogP contribution in [0.15, 0.2) is 23.3 Å². The van der Waals surface area contributed by atoms with Crippen LogP contribution in [-0.4, -0.2) is 11.7 Å². The molecule has 0 bridgehead atoms. The number of halogens is 1. The summed E-state index contributed by atoms with van der Waals surface area (Å²) in [5, 5.41) is -1.20. The van der Waals surface area contributed by atoms with Gasteiger partial charge in [-0.15, -0.1) is 0 Å². The molecule has 2 rings (SSSR count). The molecule has 2 unspecified atom stereocenters. The molecule has 4 heteroatoms. The summed E-state index contributed by atoms with van der Waals surface area (Å²) in [6, 6.07) is 0. The molecule has 90 valence electrons. The van der Waals surface area contributed by atoms with Crippen molar-refractivity contribution in [2.24, 2.45) is 5.92 Å². The van der Waals surface area contributed by atoms with E-state index in [1.807, 2.05) is 6.08 Å². The summed E-state index contributed by atoms with van der Waals surface area (Å²) in [5.41, 5.74) is 2.28. The van der Waals surface area contributed by atoms with E-state index in [0.717, 1.165) is 17.9 Å². The summed E-state index contributed by atoms with van der Waals surface area (Å²) < 4.78 is 13.4. The predicted octanol–water partition coefficient (Wildman–Crippen LogP) is 0.724. The van der Waals surface area contributed by atoms with Gasteiger partial charge >= 0.3 is 51.4 Å². The third-order valence-electron chi connectivity index (χ3n) is 2.72. The van der Waals surface area contributed by atoms with E-state index in [1.165, 1.54) is 18.4 Å². The van der Waals surface area contributed by atoms with E-state index in [0.29, 0.717) is 6.42 Å². The van der Waals surface area contributed by atoms with Crippen LogP contribution in [0, 0.1) is 5.92 Å². The second kappa shape index (κ2) is 8.34. The molecule has 0 amide bonds. The molecule has 2 aliphatic carbocycles. The number of hydrogen-bond acceptors (Lipinski definition) is 1. The van der Waals surface area contributed by atoms with Gasteiger partial charge in [0.1, 0.15) is 5.41 Å². The smallest absolute Gasteiger partial charge is 0.542 e. The molecular weight excluding hydrogens is 261 g/mol. The number of hydrogen-bond donors (Lipinski definition) is 0. The van der Waals surface area contributed by atoms with Gasteiger partial charge in [-0.05, 0) is 43.3 Å². The van der Waals surface area contributed by atoms with E-state index in [2.05, 4.69) is 15.3 Å². The molecule has 1 fully saturated rings. The minimum absolute atomic E-state index is 0. The van der Waals surface area contributed by atoms with Crippen molar-refractivity contribution in [3.05, 3.63) is 23.3 Å². The maximum Gasteiger partial charge on any atom is 1.00 e. The van der Waals surface area contributed by atoms with E-state index in [4.69, 9.17) is 4.79 Å². The van der Waals surface area contributed by atoms with Crippen molar-refractivity contribution in [3.8, 4) is 0 Å². The van der Waals surface area contributed by atoms with Crippen molar-refractivity contribution in [1.29, 1.82) is 0 Å². The largest absolute Gasteiger partial charge is 1.00 e. The molecule has 0 aromatic carbocycles. The first-order valence-electron chi connectivity index (χ1n) is 5.73. The van der Waals surface area contributed by atoms with Crippen LogP contribution in [0.25, 0.3) is 0 Å². The third-order valence-corrected chi connectivity index (χ3v) is 3.09. The van der Waals surface area contributed by atoms with Gasteiger partial charge in [0.2, 0.25) is 0 Å². The van der Waals surface area contributed by atoms with Gasteiger partial charge in [0, 0.05) is 0 Å². The molecule has 0 aromatic rings. The minimum atomic E-state index is -1.20. The Labute approximate surface area is 148 Å². The van der Waals surface area contributed by atoms with Crippen LogP contribution < -0.4 is 51.4 Å².